The van der Waals surface area contributed by atoms with Gasteiger partial charge in [-0.2, -0.15) is 13.2 Å². The maximum absolute atomic E-state index is 11.8. The van der Waals surface area contributed by atoms with Crippen molar-refractivity contribution in [3.05, 3.63) is 28.8 Å². The van der Waals surface area contributed by atoms with Crippen LogP contribution in [-0.2, 0) is 4.74 Å². The second-order valence-corrected chi connectivity index (χ2v) is 4.27. The van der Waals surface area contributed by atoms with Crippen molar-refractivity contribution in [2.75, 3.05) is 20.3 Å². The van der Waals surface area contributed by atoms with Crippen molar-refractivity contribution in [3.8, 4) is 5.75 Å². The Morgan fingerprint density at radius 2 is 2.05 bits per heavy atom. The fourth-order valence-electron chi connectivity index (χ4n) is 1.44. The second kappa shape index (κ2) is 6.98. The molecule has 0 saturated heterocycles. The third-order valence-electron chi connectivity index (χ3n) is 2.36. The first-order valence-corrected chi connectivity index (χ1v) is 5.87. The Morgan fingerprint density at radius 1 is 1.37 bits per heavy atom. The molecule has 1 rings (SSSR count). The largest absolute Gasteiger partial charge is 0.495 e. The Hall–Kier alpha value is -0.980. The quantitative estimate of drug-likeness (QED) is 0.819. The van der Waals surface area contributed by atoms with Crippen LogP contribution in [-0.4, -0.2) is 31.6 Å². The molecule has 108 valence electrons. The molecule has 0 saturated carbocycles. The summed E-state index contributed by atoms with van der Waals surface area (Å²) in [5.74, 6) is 0.464. The lowest BCUT2D eigenvalue weighted by molar-refractivity contribution is -0.175. The van der Waals surface area contributed by atoms with Gasteiger partial charge in [0.05, 0.1) is 18.2 Å². The fourth-order valence-corrected chi connectivity index (χ4v) is 1.71. The lowest BCUT2D eigenvalue weighted by atomic mass is 10.1. The summed E-state index contributed by atoms with van der Waals surface area (Å²) in [7, 11) is 1.46. The number of aliphatic hydroxyl groups is 1. The van der Waals surface area contributed by atoms with Crippen LogP contribution in [0.2, 0.25) is 5.02 Å². The van der Waals surface area contributed by atoms with Gasteiger partial charge in [-0.15, -0.1) is 0 Å². The molecule has 0 heterocycles. The van der Waals surface area contributed by atoms with E-state index in [1.165, 1.54) is 13.2 Å². The summed E-state index contributed by atoms with van der Waals surface area (Å²) in [6.45, 7) is -1.51. The second-order valence-electron chi connectivity index (χ2n) is 3.87. The maximum atomic E-state index is 11.8. The number of methoxy groups -OCH3 is 1. The highest BCUT2D eigenvalue weighted by Gasteiger charge is 2.27. The summed E-state index contributed by atoms with van der Waals surface area (Å²) < 4.78 is 44.8. The molecule has 19 heavy (non-hydrogen) atoms. The van der Waals surface area contributed by atoms with Gasteiger partial charge in [0.1, 0.15) is 12.4 Å². The van der Waals surface area contributed by atoms with Crippen molar-refractivity contribution >= 4 is 11.6 Å². The van der Waals surface area contributed by atoms with Crippen LogP contribution >= 0.6 is 11.6 Å². The van der Waals surface area contributed by atoms with Crippen LogP contribution < -0.4 is 4.74 Å². The monoisotopic (exact) mass is 298 g/mol. The molecule has 1 atom stereocenters. The fraction of sp³-hybridized carbons (Fsp3) is 0.500. The molecule has 0 aromatic heterocycles. The van der Waals surface area contributed by atoms with Crippen LogP contribution in [0.15, 0.2) is 18.2 Å². The van der Waals surface area contributed by atoms with Gasteiger partial charge in [-0.1, -0.05) is 17.7 Å². The predicted molar refractivity (Wildman–Crippen MR) is 64.5 cm³/mol. The van der Waals surface area contributed by atoms with Crippen LogP contribution in [0, 0.1) is 0 Å². The van der Waals surface area contributed by atoms with E-state index >= 15 is 0 Å². The van der Waals surface area contributed by atoms with E-state index in [0.717, 1.165) is 0 Å². The number of hydrogen-bond donors (Lipinski definition) is 1. The van der Waals surface area contributed by atoms with Crippen molar-refractivity contribution < 1.29 is 27.8 Å². The van der Waals surface area contributed by atoms with Gasteiger partial charge in [0.15, 0.2) is 0 Å². The lowest BCUT2D eigenvalue weighted by Crippen LogP contribution is -2.18. The van der Waals surface area contributed by atoms with E-state index in [-0.39, 0.29) is 13.0 Å². The van der Waals surface area contributed by atoms with Gasteiger partial charge in [-0.3, -0.25) is 0 Å². The number of ether oxygens (including phenoxy) is 2. The third kappa shape index (κ3) is 5.67. The summed E-state index contributed by atoms with van der Waals surface area (Å²) >= 11 is 5.88. The van der Waals surface area contributed by atoms with Crippen LogP contribution in [0.5, 0.6) is 5.75 Å². The van der Waals surface area contributed by atoms with Crippen LogP contribution in [0.25, 0.3) is 0 Å². The molecule has 1 unspecified atom stereocenters. The van der Waals surface area contributed by atoms with Crippen molar-refractivity contribution in [3.63, 3.8) is 0 Å². The minimum absolute atomic E-state index is 0.0543. The number of alkyl halides is 3. The van der Waals surface area contributed by atoms with E-state index in [1.807, 2.05) is 0 Å². The topological polar surface area (TPSA) is 38.7 Å². The van der Waals surface area contributed by atoms with E-state index in [2.05, 4.69) is 4.74 Å². The summed E-state index contributed by atoms with van der Waals surface area (Å²) in [6, 6.07) is 4.69. The molecule has 0 aliphatic rings. The normalized spacial score (nSPS) is 13.4. The molecule has 1 aromatic rings. The molecule has 1 aromatic carbocycles. The minimum atomic E-state index is -4.35. The van der Waals surface area contributed by atoms with E-state index in [1.54, 1.807) is 12.1 Å². The molecule has 0 aliphatic heterocycles. The zero-order valence-electron chi connectivity index (χ0n) is 10.2. The lowest BCUT2D eigenvalue weighted by Gasteiger charge is -2.13. The van der Waals surface area contributed by atoms with Gasteiger partial charge in [0.25, 0.3) is 0 Å². The third-order valence-corrected chi connectivity index (χ3v) is 2.66. The Morgan fingerprint density at radius 3 is 2.58 bits per heavy atom. The van der Waals surface area contributed by atoms with Gasteiger partial charge in [-0.25, -0.2) is 0 Å². The van der Waals surface area contributed by atoms with E-state index in [4.69, 9.17) is 16.3 Å². The molecule has 3 nitrogen and oxygen atoms in total. The number of hydrogen-bond acceptors (Lipinski definition) is 3. The van der Waals surface area contributed by atoms with Crippen molar-refractivity contribution in [1.29, 1.82) is 0 Å². The van der Waals surface area contributed by atoms with E-state index < -0.39 is 18.9 Å². The van der Waals surface area contributed by atoms with E-state index in [0.29, 0.717) is 16.3 Å². The molecule has 0 fully saturated rings. The summed E-state index contributed by atoms with van der Waals surface area (Å²) in [6.07, 6.45) is -5.23. The van der Waals surface area contributed by atoms with Crippen molar-refractivity contribution in [2.24, 2.45) is 0 Å². The summed E-state index contributed by atoms with van der Waals surface area (Å²) in [4.78, 5) is 0. The standard InChI is InChI=1S/C12H14ClF3O3/c1-18-11-3-2-8(6-9(11)13)10(17)4-5-19-7-12(14,15)16/h2-3,6,10,17H,4-5,7H2,1H3. The summed E-state index contributed by atoms with van der Waals surface area (Å²) in [5.41, 5.74) is 0.501. The van der Waals surface area contributed by atoms with Gasteiger partial charge in [0.2, 0.25) is 0 Å². The van der Waals surface area contributed by atoms with Gasteiger partial charge < -0.3 is 14.6 Å². The molecule has 0 radical (unpaired) electrons. The smallest absolute Gasteiger partial charge is 0.411 e. The molecule has 0 amide bonds. The minimum Gasteiger partial charge on any atom is -0.495 e. The zero-order valence-corrected chi connectivity index (χ0v) is 11.0. The maximum Gasteiger partial charge on any atom is 0.411 e. The number of benzene rings is 1. The van der Waals surface area contributed by atoms with Gasteiger partial charge in [0, 0.05) is 13.0 Å². The van der Waals surface area contributed by atoms with Crippen LogP contribution in [0.4, 0.5) is 13.2 Å². The molecular formula is C12H14ClF3O3. The Bertz CT molecular complexity index is 410. The van der Waals surface area contributed by atoms with Crippen molar-refractivity contribution in [1.82, 2.24) is 0 Å². The average Bonchev–Trinajstić information content (AvgIpc) is 2.33. The first-order valence-electron chi connectivity index (χ1n) is 5.49. The molecule has 0 aliphatic carbocycles. The van der Waals surface area contributed by atoms with Crippen molar-refractivity contribution in [2.45, 2.75) is 18.7 Å². The molecule has 1 N–H and O–H groups in total. The highest BCUT2D eigenvalue weighted by molar-refractivity contribution is 6.32. The molecule has 0 bridgehead atoms. The first kappa shape index (κ1) is 16.1. The summed E-state index contributed by atoms with van der Waals surface area (Å²) in [5, 5.41) is 10.1. The Labute approximate surface area is 113 Å². The highest BCUT2D eigenvalue weighted by Crippen LogP contribution is 2.28. The SMILES string of the molecule is COc1ccc(C(O)CCOCC(F)(F)F)cc1Cl. The molecular weight excluding hydrogens is 285 g/mol. The highest BCUT2D eigenvalue weighted by atomic mass is 35.5. The average molecular weight is 299 g/mol. The zero-order chi connectivity index (χ0) is 14.5. The van der Waals surface area contributed by atoms with Crippen LogP contribution in [0.3, 0.4) is 0 Å². The van der Waals surface area contributed by atoms with Gasteiger partial charge >= 0.3 is 6.18 Å². The Balaban J connectivity index is 2.45. The molecule has 7 heteroatoms. The number of halogens is 4. The predicted octanol–water partition coefficient (Wildman–Crippen LogP) is 3.35. The Kier molecular flexibility index (Phi) is 5.90. The van der Waals surface area contributed by atoms with Gasteiger partial charge in [-0.05, 0) is 17.7 Å². The number of rotatable bonds is 6. The first-order chi connectivity index (χ1) is 8.83. The number of aliphatic hydroxyl groups excluding tert-OH is 1. The van der Waals surface area contributed by atoms with Crippen LogP contribution in [0.1, 0.15) is 18.1 Å². The molecule has 0 spiro atoms. The van der Waals surface area contributed by atoms with E-state index in [9.17, 15) is 18.3 Å².